The van der Waals surface area contributed by atoms with E-state index in [9.17, 15) is 9.59 Å². The summed E-state index contributed by atoms with van der Waals surface area (Å²) >= 11 is 16.6. The fourth-order valence-electron chi connectivity index (χ4n) is 3.38. The molecule has 0 N–H and O–H groups in total. The van der Waals surface area contributed by atoms with Crippen molar-refractivity contribution in [3.63, 3.8) is 0 Å². The zero-order chi connectivity index (χ0) is 24.9. The van der Waals surface area contributed by atoms with E-state index in [1.807, 2.05) is 43.3 Å². The van der Waals surface area contributed by atoms with Crippen LogP contribution in [0.15, 0.2) is 70.0 Å². The number of hydrogen-bond acceptors (Lipinski definition) is 5. The zero-order valence-corrected chi connectivity index (χ0v) is 22.5. The molecule has 0 aliphatic carbocycles. The third kappa shape index (κ3) is 6.22. The largest absolute Gasteiger partial charge is 0.490 e. The highest BCUT2D eigenvalue weighted by Crippen LogP contribution is 2.36. The van der Waals surface area contributed by atoms with Crippen molar-refractivity contribution < 1.29 is 19.1 Å². The van der Waals surface area contributed by atoms with E-state index in [2.05, 4.69) is 15.9 Å². The molecule has 5 nitrogen and oxygen atoms in total. The number of ether oxygens (including phenoxy) is 2. The molecule has 1 saturated heterocycles. The second kappa shape index (κ2) is 11.5. The Morgan fingerprint density at radius 3 is 2.51 bits per heavy atom. The fraction of sp³-hybridized carbons (Fsp3) is 0.154. The van der Waals surface area contributed by atoms with Gasteiger partial charge < -0.3 is 9.47 Å². The fourth-order valence-corrected chi connectivity index (χ4v) is 5.09. The normalized spacial score (nSPS) is 14.6. The van der Waals surface area contributed by atoms with Gasteiger partial charge in [-0.2, -0.15) is 0 Å². The number of halogens is 3. The maximum Gasteiger partial charge on any atom is 0.293 e. The minimum Gasteiger partial charge on any atom is -0.490 e. The molecule has 0 unspecified atom stereocenters. The Hall–Kier alpha value is -2.45. The van der Waals surface area contributed by atoms with Gasteiger partial charge in [0.2, 0.25) is 0 Å². The number of amides is 2. The Kier molecular flexibility index (Phi) is 8.44. The second-order valence-electron chi connectivity index (χ2n) is 7.52. The molecular weight excluding hydrogens is 573 g/mol. The average Bonchev–Trinajstić information content (AvgIpc) is 3.08. The van der Waals surface area contributed by atoms with Crippen LogP contribution in [0, 0.1) is 0 Å². The molecule has 1 fully saturated rings. The molecule has 0 atom stereocenters. The van der Waals surface area contributed by atoms with E-state index in [4.69, 9.17) is 32.7 Å². The van der Waals surface area contributed by atoms with E-state index < -0.39 is 0 Å². The number of nitrogens with zero attached hydrogens (tertiary/aromatic N) is 1. The highest BCUT2D eigenvalue weighted by Gasteiger charge is 2.35. The maximum absolute atomic E-state index is 13.0. The highest BCUT2D eigenvalue weighted by molar-refractivity contribution is 9.10. The number of benzene rings is 3. The van der Waals surface area contributed by atoms with Gasteiger partial charge in [-0.15, -0.1) is 0 Å². The molecule has 1 heterocycles. The van der Waals surface area contributed by atoms with E-state index >= 15 is 0 Å². The van der Waals surface area contributed by atoms with Crippen molar-refractivity contribution in [1.82, 2.24) is 4.90 Å². The number of hydrogen-bond donors (Lipinski definition) is 0. The van der Waals surface area contributed by atoms with E-state index in [0.29, 0.717) is 33.1 Å². The van der Waals surface area contributed by atoms with Gasteiger partial charge in [0.15, 0.2) is 11.5 Å². The first-order valence-electron chi connectivity index (χ1n) is 10.7. The molecule has 180 valence electrons. The smallest absolute Gasteiger partial charge is 0.293 e. The summed E-state index contributed by atoms with van der Waals surface area (Å²) in [4.78, 5) is 27.1. The van der Waals surface area contributed by atoms with Crippen molar-refractivity contribution >= 4 is 68.1 Å². The predicted molar refractivity (Wildman–Crippen MR) is 144 cm³/mol. The van der Waals surface area contributed by atoms with Gasteiger partial charge in [-0.1, -0.05) is 69.5 Å². The van der Waals surface area contributed by atoms with Crippen molar-refractivity contribution in [1.29, 1.82) is 0 Å². The predicted octanol–water partition coefficient (Wildman–Crippen LogP) is 7.97. The Bertz CT molecular complexity index is 1310. The minimum atomic E-state index is -0.327. The van der Waals surface area contributed by atoms with Gasteiger partial charge in [-0.3, -0.25) is 14.5 Å². The van der Waals surface area contributed by atoms with Gasteiger partial charge in [-0.25, -0.2) is 0 Å². The number of imide groups is 1. The van der Waals surface area contributed by atoms with Crippen LogP contribution in [-0.2, 0) is 17.9 Å². The summed E-state index contributed by atoms with van der Waals surface area (Å²) < 4.78 is 12.5. The Morgan fingerprint density at radius 2 is 1.77 bits per heavy atom. The molecule has 4 rings (SSSR count). The molecule has 2 amide bonds. The molecule has 35 heavy (non-hydrogen) atoms. The van der Waals surface area contributed by atoms with Crippen LogP contribution in [0.1, 0.15) is 23.6 Å². The van der Waals surface area contributed by atoms with Gasteiger partial charge >= 0.3 is 0 Å². The Balaban J connectivity index is 1.52. The molecular formula is C26H20BrCl2NO4S. The van der Waals surface area contributed by atoms with Crippen molar-refractivity contribution in [2.45, 2.75) is 20.1 Å². The van der Waals surface area contributed by atoms with Gasteiger partial charge in [0.1, 0.15) is 6.61 Å². The Morgan fingerprint density at radius 1 is 0.971 bits per heavy atom. The molecule has 0 spiro atoms. The maximum atomic E-state index is 13.0. The Labute approximate surface area is 226 Å². The van der Waals surface area contributed by atoms with Gasteiger partial charge in [0.25, 0.3) is 11.1 Å². The number of carbonyl (C=O) groups is 2. The van der Waals surface area contributed by atoms with E-state index in [0.717, 1.165) is 32.9 Å². The average molecular weight is 593 g/mol. The third-order valence-corrected chi connectivity index (χ3v) is 7.39. The summed E-state index contributed by atoms with van der Waals surface area (Å²) in [6, 6.07) is 18.1. The van der Waals surface area contributed by atoms with Crippen LogP contribution in [-0.4, -0.2) is 22.7 Å². The summed E-state index contributed by atoms with van der Waals surface area (Å²) in [6.45, 7) is 2.75. The lowest BCUT2D eigenvalue weighted by Gasteiger charge is -2.14. The first-order chi connectivity index (χ1) is 16.9. The molecule has 1 aliphatic heterocycles. The molecule has 0 aromatic heterocycles. The molecule has 0 bridgehead atoms. The molecule has 9 heteroatoms. The lowest BCUT2D eigenvalue weighted by Crippen LogP contribution is -2.27. The van der Waals surface area contributed by atoms with Crippen LogP contribution >= 0.6 is 50.9 Å². The van der Waals surface area contributed by atoms with Crippen molar-refractivity contribution in [3.8, 4) is 11.5 Å². The quantitative estimate of drug-likeness (QED) is 0.248. The van der Waals surface area contributed by atoms with Crippen molar-refractivity contribution in [2.24, 2.45) is 0 Å². The topological polar surface area (TPSA) is 55.8 Å². The first kappa shape index (κ1) is 25.6. The van der Waals surface area contributed by atoms with Crippen molar-refractivity contribution in [2.75, 3.05) is 6.61 Å². The number of thioether (sulfide) groups is 1. The SMILES string of the molecule is CCOc1cc(/C=C2\SC(=O)N(Cc3ccccc3Br)C2=O)ccc1OCc1ccc(Cl)cc1Cl. The molecule has 3 aromatic rings. The van der Waals surface area contributed by atoms with Crippen LogP contribution in [0.25, 0.3) is 6.08 Å². The first-order valence-corrected chi connectivity index (χ1v) is 13.0. The summed E-state index contributed by atoms with van der Waals surface area (Å²) in [6.07, 6.45) is 1.69. The molecule has 0 radical (unpaired) electrons. The zero-order valence-electron chi connectivity index (χ0n) is 18.6. The molecule has 0 saturated carbocycles. The minimum absolute atomic E-state index is 0.202. The van der Waals surface area contributed by atoms with Crippen molar-refractivity contribution in [3.05, 3.63) is 96.8 Å². The molecule has 3 aromatic carbocycles. The third-order valence-electron chi connectivity index (χ3n) is 5.12. The van der Waals surface area contributed by atoms with Gasteiger partial charge in [0, 0.05) is 20.1 Å². The summed E-state index contributed by atoms with van der Waals surface area (Å²) in [5.41, 5.74) is 2.37. The van der Waals surface area contributed by atoms with Gasteiger partial charge in [-0.05, 0) is 66.2 Å². The summed E-state index contributed by atoms with van der Waals surface area (Å²) in [5, 5.41) is 0.770. The van der Waals surface area contributed by atoms with E-state index in [1.54, 1.807) is 30.3 Å². The van der Waals surface area contributed by atoms with Crippen LogP contribution in [0.5, 0.6) is 11.5 Å². The highest BCUT2D eigenvalue weighted by atomic mass is 79.9. The number of rotatable bonds is 8. The van der Waals surface area contributed by atoms with E-state index in [1.165, 1.54) is 4.90 Å². The van der Waals surface area contributed by atoms with Crippen LogP contribution in [0.4, 0.5) is 4.79 Å². The van der Waals surface area contributed by atoms with Gasteiger partial charge in [0.05, 0.1) is 18.1 Å². The second-order valence-corrected chi connectivity index (χ2v) is 10.2. The van der Waals surface area contributed by atoms with E-state index in [-0.39, 0.29) is 24.3 Å². The van der Waals surface area contributed by atoms with Crippen LogP contribution in [0.2, 0.25) is 10.0 Å². The van der Waals surface area contributed by atoms with Crippen LogP contribution in [0.3, 0.4) is 0 Å². The standard InChI is InChI=1S/C26H20BrCl2NO4S/c1-2-33-23-11-16(7-10-22(23)34-15-18-8-9-19(28)13-21(18)29)12-24-25(31)30(26(32)35-24)14-17-5-3-4-6-20(17)27/h3-13H,2,14-15H2,1H3/b24-12-. The lowest BCUT2D eigenvalue weighted by molar-refractivity contribution is -0.123. The lowest BCUT2D eigenvalue weighted by atomic mass is 10.1. The van der Waals surface area contributed by atoms with Crippen LogP contribution < -0.4 is 9.47 Å². The molecule has 1 aliphatic rings. The summed E-state index contributed by atoms with van der Waals surface area (Å²) in [7, 11) is 0. The monoisotopic (exact) mass is 591 g/mol. The number of carbonyl (C=O) groups excluding carboxylic acids is 2. The summed E-state index contributed by atoms with van der Waals surface area (Å²) in [5.74, 6) is 0.738.